The molecule has 0 saturated carbocycles. The third kappa shape index (κ3) is 19.6. The maximum Gasteiger partial charge on any atom is 0.336 e. The molecule has 19 heteroatoms. The molecule has 0 aliphatic rings. The summed E-state index contributed by atoms with van der Waals surface area (Å²) in [5.74, 6) is -11.6. The second-order valence-electron chi connectivity index (χ2n) is 4.85. The first-order valence-corrected chi connectivity index (χ1v) is 6.24. The standard InChI is InChI=1S/2C6H8O7.5H3N/c2*7-3(8)1-6(13,5(11)12)2-4(9)10;;;;;/h2*13H,1-2H2,(H,7,8)(H,9,10)(H,11,12);5*1H3. The molecule has 0 bridgehead atoms. The molecule has 0 aromatic carbocycles. The lowest BCUT2D eigenvalue weighted by Gasteiger charge is -2.29. The molecule has 19 nitrogen and oxygen atoms in total. The number of quaternary nitrogens is 5. The van der Waals surface area contributed by atoms with Crippen molar-refractivity contribution in [3.8, 4) is 0 Å². The summed E-state index contributed by atoms with van der Waals surface area (Å²) in [7, 11) is 0. The summed E-state index contributed by atoms with van der Waals surface area (Å²) in [4.78, 5) is 60.2. The first-order chi connectivity index (χ1) is 11.6. The minimum Gasteiger partial charge on any atom is -0.550 e. The van der Waals surface area contributed by atoms with Gasteiger partial charge in [0.05, 0.1) is 5.97 Å². The van der Waals surface area contributed by atoms with Crippen molar-refractivity contribution in [2.75, 3.05) is 0 Å². The van der Waals surface area contributed by atoms with Crippen molar-refractivity contribution >= 4 is 35.8 Å². The minimum atomic E-state index is -2.97. The van der Waals surface area contributed by atoms with Crippen molar-refractivity contribution in [2.24, 2.45) is 0 Å². The van der Waals surface area contributed by atoms with Crippen LogP contribution in [0.4, 0.5) is 0 Å². The normalized spacial score (nSPS) is 9.10. The van der Waals surface area contributed by atoms with E-state index in [9.17, 15) is 54.3 Å². The van der Waals surface area contributed by atoms with Crippen molar-refractivity contribution in [1.82, 2.24) is 30.8 Å². The predicted octanol–water partition coefficient (Wildman–Crippen LogP) is -7.29. The lowest BCUT2D eigenvalue weighted by molar-refractivity contribution is -0.339. The van der Waals surface area contributed by atoms with Crippen LogP contribution < -0.4 is 56.3 Å². The molecule has 0 rings (SSSR count). The number of hydrogen-bond acceptors (Lipinski definition) is 13. The highest BCUT2D eigenvalue weighted by Gasteiger charge is 2.36. The molecule has 0 aromatic rings. The van der Waals surface area contributed by atoms with Gasteiger partial charge in [-0.15, -0.1) is 0 Å². The maximum absolute atomic E-state index is 10.3. The number of carboxylic acid groups (broad SMARTS) is 6. The van der Waals surface area contributed by atoms with E-state index in [1.807, 2.05) is 0 Å². The van der Waals surface area contributed by atoms with Crippen LogP contribution >= 0.6 is 0 Å². The summed E-state index contributed by atoms with van der Waals surface area (Å²) in [6, 6.07) is 0. The van der Waals surface area contributed by atoms with Crippen LogP contribution in [-0.2, 0) is 28.8 Å². The van der Waals surface area contributed by atoms with Crippen LogP contribution in [0.15, 0.2) is 0 Å². The topological polar surface area (TPSA) is 461 Å². The van der Waals surface area contributed by atoms with Gasteiger partial charge in [-0.1, -0.05) is 0 Å². The molecule has 0 amide bonds. The molecule has 0 atom stereocenters. The molecular formula is C12H31N5O14. The van der Waals surface area contributed by atoms with E-state index in [0.29, 0.717) is 0 Å². The van der Waals surface area contributed by atoms with Crippen molar-refractivity contribution < 1.29 is 69.6 Å². The maximum atomic E-state index is 10.3. The Labute approximate surface area is 174 Å². The van der Waals surface area contributed by atoms with Gasteiger partial charge in [0.1, 0.15) is 5.60 Å². The molecule has 0 aromatic heterocycles. The molecule has 0 aliphatic heterocycles. The Bertz CT molecular complexity index is 526. The number of aliphatic hydroxyl groups is 2. The van der Waals surface area contributed by atoms with Crippen LogP contribution in [0.2, 0.25) is 0 Å². The van der Waals surface area contributed by atoms with Crippen LogP contribution in [0.1, 0.15) is 25.7 Å². The molecule has 0 heterocycles. The third-order valence-electron chi connectivity index (χ3n) is 2.53. The minimum absolute atomic E-state index is 0. The Morgan fingerprint density at radius 3 is 0.839 bits per heavy atom. The van der Waals surface area contributed by atoms with E-state index in [-0.39, 0.29) is 30.8 Å². The highest BCUT2D eigenvalue weighted by atomic mass is 16.4. The highest BCUT2D eigenvalue weighted by Crippen LogP contribution is 2.14. The zero-order chi connectivity index (χ0) is 21.3. The molecule has 188 valence electrons. The summed E-state index contributed by atoms with van der Waals surface area (Å²) in [5.41, 5.74) is -5.84. The Balaban J connectivity index is -0.0000000640. The van der Waals surface area contributed by atoms with Gasteiger partial charge in [0, 0.05) is 49.6 Å². The average Bonchev–Trinajstić information content (AvgIpc) is 2.34. The summed E-state index contributed by atoms with van der Waals surface area (Å²) in [5, 5.41) is 76.1. The Morgan fingerprint density at radius 2 is 0.710 bits per heavy atom. The summed E-state index contributed by atoms with van der Waals surface area (Å²) >= 11 is 0. The van der Waals surface area contributed by atoms with E-state index in [2.05, 4.69) is 0 Å². The lowest BCUT2D eigenvalue weighted by Crippen LogP contribution is -2.54. The zero-order valence-corrected chi connectivity index (χ0v) is 17.7. The van der Waals surface area contributed by atoms with Crippen molar-refractivity contribution in [1.29, 1.82) is 0 Å². The third-order valence-corrected chi connectivity index (χ3v) is 2.53. The quantitative estimate of drug-likeness (QED) is 0.147. The molecule has 0 fully saturated rings. The van der Waals surface area contributed by atoms with Gasteiger partial charge in [-0.25, -0.2) is 4.79 Å². The van der Waals surface area contributed by atoms with Gasteiger partial charge in [-0.05, 0) is 0 Å². The first kappa shape index (κ1) is 46.0. The van der Waals surface area contributed by atoms with E-state index in [1.54, 1.807) is 0 Å². The fourth-order valence-electron chi connectivity index (χ4n) is 1.38. The fourth-order valence-corrected chi connectivity index (χ4v) is 1.38. The van der Waals surface area contributed by atoms with Gasteiger partial charge >= 0.3 is 5.97 Å². The van der Waals surface area contributed by atoms with Gasteiger partial charge in [0.15, 0.2) is 5.60 Å². The Hall–Kier alpha value is -3.46. The van der Waals surface area contributed by atoms with E-state index >= 15 is 0 Å². The van der Waals surface area contributed by atoms with Crippen LogP contribution in [0, 0.1) is 0 Å². The molecule has 0 spiro atoms. The van der Waals surface area contributed by atoms with Crippen molar-refractivity contribution in [3.05, 3.63) is 0 Å². The van der Waals surface area contributed by atoms with Crippen LogP contribution in [0.25, 0.3) is 0 Å². The second-order valence-corrected chi connectivity index (χ2v) is 4.85. The zero-order valence-electron chi connectivity index (χ0n) is 17.7. The summed E-state index contributed by atoms with van der Waals surface area (Å²) < 4.78 is 0. The van der Waals surface area contributed by atoms with Gasteiger partial charge in [-0.2, -0.15) is 0 Å². The Kier molecular flexibility index (Phi) is 27.5. The smallest absolute Gasteiger partial charge is 0.336 e. The molecule has 0 saturated heterocycles. The molecule has 0 aliphatic carbocycles. The largest absolute Gasteiger partial charge is 0.550 e. The van der Waals surface area contributed by atoms with Crippen molar-refractivity contribution in [2.45, 2.75) is 36.9 Å². The first-order valence-electron chi connectivity index (χ1n) is 6.24. The Morgan fingerprint density at radius 1 is 0.516 bits per heavy atom. The monoisotopic (exact) mass is 469 g/mol. The van der Waals surface area contributed by atoms with E-state index in [0.717, 1.165) is 0 Å². The highest BCUT2D eigenvalue weighted by molar-refractivity contribution is 5.87. The van der Waals surface area contributed by atoms with Crippen LogP contribution in [0.3, 0.4) is 0 Å². The molecule has 31 heavy (non-hydrogen) atoms. The van der Waals surface area contributed by atoms with Gasteiger partial charge in [0.2, 0.25) is 0 Å². The van der Waals surface area contributed by atoms with Gasteiger partial charge in [-0.3, -0.25) is 0 Å². The SMILES string of the molecule is O=C([O-])CC(O)(CC(=O)[O-])C(=O)O.O=C([O-])CC(O)(CC(=O)[O-])C(=O)[O-].[NH4+].[NH4+].[NH4+].[NH4+].[NH4+]. The van der Waals surface area contributed by atoms with Crippen LogP contribution in [0.5, 0.6) is 0 Å². The summed E-state index contributed by atoms with van der Waals surface area (Å²) in [6.07, 6.45) is -5.31. The number of carbonyl (C=O) groups excluding carboxylic acids is 5. The van der Waals surface area contributed by atoms with E-state index < -0.39 is 72.7 Å². The van der Waals surface area contributed by atoms with Crippen LogP contribution in [-0.4, -0.2) is 62.3 Å². The molecule has 0 unspecified atom stereocenters. The number of rotatable bonds is 10. The van der Waals surface area contributed by atoms with Crippen molar-refractivity contribution in [3.63, 3.8) is 0 Å². The number of carboxylic acids is 6. The lowest BCUT2D eigenvalue weighted by atomic mass is 9.96. The number of hydrogen-bond donors (Lipinski definition) is 8. The van der Waals surface area contributed by atoms with Gasteiger partial charge in [0.25, 0.3) is 0 Å². The number of aliphatic carboxylic acids is 6. The fraction of sp³-hybridized carbons (Fsp3) is 0.500. The van der Waals surface area contributed by atoms with E-state index in [1.165, 1.54) is 0 Å². The molecule has 23 N–H and O–H groups in total. The number of carbonyl (C=O) groups is 6. The second kappa shape index (κ2) is 18.6. The van der Waals surface area contributed by atoms with Gasteiger partial charge < -0.3 is 95.6 Å². The van der Waals surface area contributed by atoms with E-state index in [4.69, 9.17) is 15.3 Å². The molecular weight excluding hydrogens is 438 g/mol. The predicted molar refractivity (Wildman–Crippen MR) is 91.0 cm³/mol. The summed E-state index contributed by atoms with van der Waals surface area (Å²) in [6.45, 7) is 0. The molecule has 0 radical (unpaired) electrons. The average molecular weight is 469 g/mol.